The Labute approximate surface area is 229 Å². The number of halogens is 2. The second-order valence-electron chi connectivity index (χ2n) is 11.2. The van der Waals surface area contributed by atoms with Gasteiger partial charge in [0, 0.05) is 49.2 Å². The summed E-state index contributed by atoms with van der Waals surface area (Å²) in [4.78, 5) is 33.9. The number of benzene rings is 2. The van der Waals surface area contributed by atoms with Crippen molar-refractivity contribution in [1.29, 1.82) is 0 Å². The molecular weight excluding hydrogens is 518 g/mol. The van der Waals surface area contributed by atoms with Gasteiger partial charge in [0.05, 0.1) is 23.1 Å². The first kappa shape index (κ1) is 25.0. The van der Waals surface area contributed by atoms with Gasteiger partial charge in [0.25, 0.3) is 11.8 Å². The van der Waals surface area contributed by atoms with Crippen LogP contribution in [0.4, 0.5) is 8.78 Å². The van der Waals surface area contributed by atoms with E-state index in [1.807, 2.05) is 22.8 Å². The van der Waals surface area contributed by atoms with Crippen molar-refractivity contribution in [1.82, 2.24) is 19.4 Å². The topological polar surface area (TPSA) is 87.9 Å². The number of likely N-dealkylation sites (tertiary alicyclic amines) is 1. The predicted octanol–water partition coefficient (Wildman–Crippen LogP) is 3.87. The molecule has 2 amide bonds. The summed E-state index contributed by atoms with van der Waals surface area (Å²) in [6.45, 7) is -1.83. The molecule has 1 saturated heterocycles. The summed E-state index contributed by atoms with van der Waals surface area (Å²) >= 11 is 0. The lowest BCUT2D eigenvalue weighted by Gasteiger charge is -2.31. The van der Waals surface area contributed by atoms with Gasteiger partial charge in [-0.2, -0.15) is 8.78 Å². The minimum Gasteiger partial charge on any atom is -0.434 e. The van der Waals surface area contributed by atoms with Gasteiger partial charge in [-0.15, -0.1) is 0 Å². The molecule has 3 aromatic rings. The number of ether oxygens (including phenoxy) is 1. The number of carbonyl (C=O) groups excluding carboxylic acids is 2. The third kappa shape index (κ3) is 3.94. The van der Waals surface area contributed by atoms with Crippen LogP contribution in [0.3, 0.4) is 0 Å². The van der Waals surface area contributed by atoms with Gasteiger partial charge < -0.3 is 24.2 Å². The van der Waals surface area contributed by atoms with Crippen LogP contribution in [0.2, 0.25) is 0 Å². The zero-order valence-electron chi connectivity index (χ0n) is 21.9. The molecule has 3 aliphatic heterocycles. The second-order valence-corrected chi connectivity index (χ2v) is 11.2. The summed E-state index contributed by atoms with van der Waals surface area (Å²) < 4.78 is 33.6. The van der Waals surface area contributed by atoms with Crippen LogP contribution in [0, 0.1) is 17.8 Å². The van der Waals surface area contributed by atoms with Crippen LogP contribution in [-0.4, -0.2) is 68.6 Å². The molecule has 1 unspecified atom stereocenters. The molecule has 1 aliphatic carbocycles. The number of rotatable bonds is 3. The van der Waals surface area contributed by atoms with Crippen LogP contribution < -0.4 is 4.74 Å². The Kier molecular flexibility index (Phi) is 5.65. The maximum absolute atomic E-state index is 13.3. The molecule has 1 N–H and O–H groups in total. The van der Waals surface area contributed by atoms with Crippen molar-refractivity contribution in [2.45, 2.75) is 56.4 Å². The van der Waals surface area contributed by atoms with Gasteiger partial charge in [-0.3, -0.25) is 9.59 Å². The van der Waals surface area contributed by atoms with Crippen molar-refractivity contribution < 1.29 is 28.2 Å². The molecule has 1 aromatic heterocycles. The van der Waals surface area contributed by atoms with E-state index >= 15 is 0 Å². The number of alkyl halides is 2. The number of amides is 2. The smallest absolute Gasteiger partial charge is 0.387 e. The SMILES string of the molecule is CN1C(=O)c2cccc(OC(F)F)c2[C@H]2CC1c1nc3ccc(C#CC4CCN(C(=O)C5(O)CC5)CC4)cc3n12. The van der Waals surface area contributed by atoms with Crippen LogP contribution in [-0.2, 0) is 4.79 Å². The van der Waals surface area contributed by atoms with E-state index in [0.717, 1.165) is 29.4 Å². The van der Waals surface area contributed by atoms with E-state index < -0.39 is 18.3 Å². The molecule has 4 heterocycles. The molecule has 1 saturated carbocycles. The van der Waals surface area contributed by atoms with E-state index in [0.29, 0.717) is 49.3 Å². The highest BCUT2D eigenvalue weighted by atomic mass is 19.3. The number of imidazole rings is 1. The lowest BCUT2D eigenvalue weighted by Crippen LogP contribution is -2.44. The maximum atomic E-state index is 13.3. The highest BCUT2D eigenvalue weighted by Crippen LogP contribution is 2.50. The van der Waals surface area contributed by atoms with Crippen molar-refractivity contribution in [3.63, 3.8) is 0 Å². The maximum Gasteiger partial charge on any atom is 0.387 e. The Balaban J connectivity index is 1.21. The third-order valence-corrected chi connectivity index (χ3v) is 8.73. The van der Waals surface area contributed by atoms with Crippen molar-refractivity contribution in [2.24, 2.45) is 5.92 Å². The minimum absolute atomic E-state index is 0.00387. The standard InChI is InChI=1S/C30H28F2N4O4/c1-34-23-16-22(25-19(27(34)37)3-2-4-24(25)40-29(31)32)36-21-15-18(7-8-20(21)33-26(23)36)6-5-17-9-13-35(14-10-17)28(38)30(39)11-12-30/h2-4,7-8,15,17,22-23,29,39H,9-14,16H2,1H3/t22-,23?/m1/s1. The molecule has 0 spiro atoms. The number of piperidine rings is 1. The Bertz CT molecular complexity index is 1610. The van der Waals surface area contributed by atoms with Crippen LogP contribution >= 0.6 is 0 Å². The van der Waals surface area contributed by atoms with E-state index in [2.05, 4.69) is 11.8 Å². The first-order valence-corrected chi connectivity index (χ1v) is 13.6. The number of hydrogen-bond acceptors (Lipinski definition) is 5. The van der Waals surface area contributed by atoms with Gasteiger partial charge in [0.2, 0.25) is 0 Å². The molecule has 206 valence electrons. The molecule has 7 rings (SSSR count). The second kappa shape index (κ2) is 9.03. The van der Waals surface area contributed by atoms with Crippen molar-refractivity contribution in [3.05, 3.63) is 58.9 Å². The molecular formula is C30H28F2N4O4. The highest BCUT2D eigenvalue weighted by molar-refractivity contribution is 5.98. The highest BCUT2D eigenvalue weighted by Gasteiger charge is 2.50. The summed E-state index contributed by atoms with van der Waals surface area (Å²) in [6.07, 6.45) is 3.12. The summed E-state index contributed by atoms with van der Waals surface area (Å²) in [7, 11) is 1.72. The van der Waals surface area contributed by atoms with Crippen LogP contribution in [0.1, 0.15) is 71.5 Å². The van der Waals surface area contributed by atoms with Crippen LogP contribution in [0.5, 0.6) is 5.75 Å². The fourth-order valence-electron chi connectivity index (χ4n) is 6.40. The molecule has 2 aromatic carbocycles. The molecule has 4 aliphatic rings. The summed E-state index contributed by atoms with van der Waals surface area (Å²) in [6, 6.07) is 9.80. The Morgan fingerprint density at radius 2 is 1.95 bits per heavy atom. The van der Waals surface area contributed by atoms with Gasteiger partial charge in [0.15, 0.2) is 0 Å². The Hall–Kier alpha value is -3.97. The van der Waals surface area contributed by atoms with Crippen molar-refractivity contribution >= 4 is 22.8 Å². The number of carbonyl (C=O) groups is 2. The van der Waals surface area contributed by atoms with Crippen LogP contribution in [0.15, 0.2) is 36.4 Å². The van der Waals surface area contributed by atoms with Gasteiger partial charge in [-0.25, -0.2) is 4.98 Å². The quantitative estimate of drug-likeness (QED) is 0.504. The number of nitrogens with zero attached hydrogens (tertiary/aromatic N) is 4. The number of fused-ring (bicyclic) bond motifs is 9. The average molecular weight is 547 g/mol. The largest absolute Gasteiger partial charge is 0.434 e. The average Bonchev–Trinajstić information content (AvgIpc) is 3.47. The Morgan fingerprint density at radius 3 is 2.67 bits per heavy atom. The zero-order valence-corrected chi connectivity index (χ0v) is 21.9. The summed E-state index contributed by atoms with van der Waals surface area (Å²) in [5.74, 6) is 7.11. The molecule has 40 heavy (non-hydrogen) atoms. The minimum atomic E-state index is -3.01. The molecule has 2 atom stereocenters. The van der Waals surface area contributed by atoms with Gasteiger partial charge in [-0.1, -0.05) is 17.9 Å². The zero-order chi connectivity index (χ0) is 27.8. The monoisotopic (exact) mass is 546 g/mol. The fourth-order valence-corrected chi connectivity index (χ4v) is 6.40. The van der Waals surface area contributed by atoms with Crippen molar-refractivity contribution in [3.8, 4) is 17.6 Å². The molecule has 8 nitrogen and oxygen atoms in total. The lowest BCUT2D eigenvalue weighted by atomic mass is 9.96. The number of aromatic nitrogens is 2. The first-order chi connectivity index (χ1) is 19.2. The predicted molar refractivity (Wildman–Crippen MR) is 141 cm³/mol. The number of hydrogen-bond donors (Lipinski definition) is 1. The third-order valence-electron chi connectivity index (χ3n) is 8.73. The van der Waals surface area contributed by atoms with Gasteiger partial charge >= 0.3 is 6.61 Å². The summed E-state index contributed by atoms with van der Waals surface area (Å²) in [5, 5.41) is 10.1. The molecule has 10 heteroatoms. The molecule has 2 bridgehead atoms. The lowest BCUT2D eigenvalue weighted by molar-refractivity contribution is -0.143. The van der Waals surface area contributed by atoms with E-state index in [4.69, 9.17) is 9.72 Å². The Morgan fingerprint density at radius 1 is 1.18 bits per heavy atom. The number of aliphatic hydroxyl groups is 1. The van der Waals surface area contributed by atoms with Gasteiger partial charge in [0.1, 0.15) is 17.2 Å². The van der Waals surface area contributed by atoms with Gasteiger partial charge in [-0.05, 0) is 56.0 Å². The van der Waals surface area contributed by atoms with E-state index in [-0.39, 0.29) is 29.5 Å². The van der Waals surface area contributed by atoms with Crippen molar-refractivity contribution in [2.75, 3.05) is 20.1 Å². The molecule has 0 radical (unpaired) electrons. The van der Waals surface area contributed by atoms with Crippen LogP contribution in [0.25, 0.3) is 11.0 Å². The van der Waals surface area contributed by atoms with E-state index in [1.165, 1.54) is 6.07 Å². The first-order valence-electron chi connectivity index (χ1n) is 13.6. The van der Waals surface area contributed by atoms with E-state index in [9.17, 15) is 23.5 Å². The fraction of sp³-hybridized carbons (Fsp3) is 0.433. The summed E-state index contributed by atoms with van der Waals surface area (Å²) in [5.41, 5.74) is 2.06. The normalized spacial score (nSPS) is 23.0. The van der Waals surface area contributed by atoms with E-state index in [1.54, 1.807) is 29.0 Å². The molecule has 2 fully saturated rings.